The molecule has 6 nitrogen and oxygen atoms in total. The molecule has 0 saturated carbocycles. The summed E-state index contributed by atoms with van der Waals surface area (Å²) in [5.74, 6) is -0.218. The number of nitrogens with two attached hydrogens (primary N) is 1. The van der Waals surface area contributed by atoms with Gasteiger partial charge in [0.2, 0.25) is 0 Å². The molecule has 0 saturated heterocycles. The molecule has 1 amide bonds. The molecule has 0 radical (unpaired) electrons. The standard InChI is InChI=1S/C12H17N5OS/c1-3-8-5-14-10(19-8)7-15-12(18)11-9(13)6-16-17(11)4-2/h5-6H,3-4,7,13H2,1-2H3,(H,15,18). The number of aromatic nitrogens is 3. The molecule has 0 aliphatic rings. The van der Waals surface area contributed by atoms with Gasteiger partial charge in [-0.15, -0.1) is 11.3 Å². The van der Waals surface area contributed by atoms with E-state index in [9.17, 15) is 4.79 Å². The fraction of sp³-hybridized carbons (Fsp3) is 0.417. The summed E-state index contributed by atoms with van der Waals surface area (Å²) in [6.45, 7) is 5.02. The Bertz CT molecular complexity index is 574. The van der Waals surface area contributed by atoms with Crippen LogP contribution in [-0.4, -0.2) is 20.7 Å². The second-order valence-electron chi connectivity index (χ2n) is 4.02. The van der Waals surface area contributed by atoms with Gasteiger partial charge in [-0.1, -0.05) is 6.92 Å². The van der Waals surface area contributed by atoms with E-state index >= 15 is 0 Å². The van der Waals surface area contributed by atoms with E-state index in [4.69, 9.17) is 5.73 Å². The molecule has 0 fully saturated rings. The van der Waals surface area contributed by atoms with Crippen molar-refractivity contribution < 1.29 is 4.79 Å². The highest BCUT2D eigenvalue weighted by Crippen LogP contribution is 2.14. The van der Waals surface area contributed by atoms with Crippen LogP contribution >= 0.6 is 11.3 Å². The number of aryl methyl sites for hydroxylation is 2. The number of nitrogens with one attached hydrogen (secondary N) is 1. The quantitative estimate of drug-likeness (QED) is 0.867. The summed E-state index contributed by atoms with van der Waals surface area (Å²) in [5, 5.41) is 7.76. The van der Waals surface area contributed by atoms with Crippen molar-refractivity contribution in [2.24, 2.45) is 0 Å². The molecular weight excluding hydrogens is 262 g/mol. The first-order valence-electron chi connectivity index (χ1n) is 6.18. The zero-order valence-electron chi connectivity index (χ0n) is 11.0. The fourth-order valence-electron chi connectivity index (χ4n) is 1.72. The van der Waals surface area contributed by atoms with Crippen LogP contribution in [0.25, 0.3) is 0 Å². The van der Waals surface area contributed by atoms with Crippen LogP contribution in [0.5, 0.6) is 0 Å². The van der Waals surface area contributed by atoms with Gasteiger partial charge >= 0.3 is 0 Å². The first kappa shape index (κ1) is 13.5. The molecule has 2 aromatic heterocycles. The van der Waals surface area contributed by atoms with Gasteiger partial charge in [-0.05, 0) is 13.3 Å². The topological polar surface area (TPSA) is 85.8 Å². The molecule has 0 spiro atoms. The second kappa shape index (κ2) is 5.83. The third kappa shape index (κ3) is 2.93. The van der Waals surface area contributed by atoms with E-state index in [1.54, 1.807) is 16.0 Å². The zero-order chi connectivity index (χ0) is 13.8. The second-order valence-corrected chi connectivity index (χ2v) is 5.22. The summed E-state index contributed by atoms with van der Waals surface area (Å²) in [6, 6.07) is 0. The van der Waals surface area contributed by atoms with E-state index in [0.29, 0.717) is 24.5 Å². The van der Waals surface area contributed by atoms with E-state index in [0.717, 1.165) is 11.4 Å². The lowest BCUT2D eigenvalue weighted by atomic mass is 10.3. The zero-order valence-corrected chi connectivity index (χ0v) is 11.8. The Morgan fingerprint density at radius 3 is 2.89 bits per heavy atom. The summed E-state index contributed by atoms with van der Waals surface area (Å²) in [6.07, 6.45) is 4.30. The van der Waals surface area contributed by atoms with Crippen molar-refractivity contribution in [3.05, 3.63) is 28.0 Å². The molecule has 2 aromatic rings. The lowest BCUT2D eigenvalue weighted by Gasteiger charge is -2.06. The monoisotopic (exact) mass is 279 g/mol. The molecule has 0 bridgehead atoms. The molecule has 3 N–H and O–H groups in total. The minimum atomic E-state index is -0.218. The van der Waals surface area contributed by atoms with Gasteiger partial charge in [0.1, 0.15) is 10.7 Å². The molecular formula is C12H17N5OS. The molecule has 102 valence electrons. The molecule has 7 heteroatoms. The normalized spacial score (nSPS) is 10.6. The van der Waals surface area contributed by atoms with Crippen molar-refractivity contribution in [1.82, 2.24) is 20.1 Å². The summed E-state index contributed by atoms with van der Waals surface area (Å²) in [5.41, 5.74) is 6.56. The van der Waals surface area contributed by atoms with Gasteiger partial charge in [-0.2, -0.15) is 5.10 Å². The van der Waals surface area contributed by atoms with Crippen molar-refractivity contribution in [2.75, 3.05) is 5.73 Å². The van der Waals surface area contributed by atoms with Gasteiger partial charge in [-0.25, -0.2) is 4.98 Å². The number of hydrogen-bond acceptors (Lipinski definition) is 5. The molecule has 19 heavy (non-hydrogen) atoms. The molecule has 2 rings (SSSR count). The van der Waals surface area contributed by atoms with Crippen LogP contribution < -0.4 is 11.1 Å². The molecule has 0 aliphatic carbocycles. The maximum absolute atomic E-state index is 12.1. The number of thiazole rings is 1. The van der Waals surface area contributed by atoms with Crippen LogP contribution in [0.2, 0.25) is 0 Å². The third-order valence-corrected chi connectivity index (χ3v) is 3.87. The first-order chi connectivity index (χ1) is 9.15. The molecule has 0 unspecified atom stereocenters. The van der Waals surface area contributed by atoms with E-state index in [1.165, 1.54) is 11.1 Å². The van der Waals surface area contributed by atoms with Crippen LogP contribution in [-0.2, 0) is 19.5 Å². The average Bonchev–Trinajstić information content (AvgIpc) is 3.02. The minimum absolute atomic E-state index is 0.218. The van der Waals surface area contributed by atoms with E-state index in [-0.39, 0.29) is 5.91 Å². The van der Waals surface area contributed by atoms with Crippen molar-refractivity contribution in [3.8, 4) is 0 Å². The number of nitrogen functional groups attached to an aromatic ring is 1. The van der Waals surface area contributed by atoms with Crippen LogP contribution in [0, 0.1) is 0 Å². The molecule has 2 heterocycles. The average molecular weight is 279 g/mol. The predicted octanol–water partition coefficient (Wildman–Crippen LogP) is 1.43. The highest BCUT2D eigenvalue weighted by Gasteiger charge is 2.16. The highest BCUT2D eigenvalue weighted by atomic mass is 32.1. The Hall–Kier alpha value is -1.89. The fourth-order valence-corrected chi connectivity index (χ4v) is 2.52. The van der Waals surface area contributed by atoms with Crippen molar-refractivity contribution in [3.63, 3.8) is 0 Å². The molecule has 0 aliphatic heterocycles. The third-order valence-electron chi connectivity index (χ3n) is 2.73. The Balaban J connectivity index is 2.03. The number of nitrogens with zero attached hydrogens (tertiary/aromatic N) is 3. The van der Waals surface area contributed by atoms with Gasteiger partial charge in [-0.3, -0.25) is 9.48 Å². The summed E-state index contributed by atoms with van der Waals surface area (Å²) >= 11 is 1.61. The maximum Gasteiger partial charge on any atom is 0.272 e. The number of hydrogen-bond donors (Lipinski definition) is 2. The maximum atomic E-state index is 12.1. The van der Waals surface area contributed by atoms with Gasteiger partial charge in [0.05, 0.1) is 18.4 Å². The largest absolute Gasteiger partial charge is 0.396 e. The Morgan fingerprint density at radius 1 is 1.47 bits per heavy atom. The Kier molecular flexibility index (Phi) is 4.16. The minimum Gasteiger partial charge on any atom is -0.396 e. The van der Waals surface area contributed by atoms with E-state index < -0.39 is 0 Å². The summed E-state index contributed by atoms with van der Waals surface area (Å²) in [7, 11) is 0. The SMILES string of the molecule is CCc1cnc(CNC(=O)c2c(N)cnn2CC)s1. The smallest absolute Gasteiger partial charge is 0.272 e. The van der Waals surface area contributed by atoms with Crippen molar-refractivity contribution >= 4 is 22.9 Å². The molecule has 0 aromatic carbocycles. The van der Waals surface area contributed by atoms with Gasteiger partial charge in [0.15, 0.2) is 0 Å². The number of carbonyl (C=O) groups is 1. The highest BCUT2D eigenvalue weighted by molar-refractivity contribution is 7.11. The Morgan fingerprint density at radius 2 is 2.26 bits per heavy atom. The van der Waals surface area contributed by atoms with Crippen LogP contribution in [0.3, 0.4) is 0 Å². The number of rotatable bonds is 5. The van der Waals surface area contributed by atoms with Crippen molar-refractivity contribution in [2.45, 2.75) is 33.4 Å². The lowest BCUT2D eigenvalue weighted by Crippen LogP contribution is -2.26. The van der Waals surface area contributed by atoms with E-state index in [2.05, 4.69) is 22.3 Å². The summed E-state index contributed by atoms with van der Waals surface area (Å²) < 4.78 is 1.59. The number of amides is 1. The first-order valence-corrected chi connectivity index (χ1v) is 7.00. The van der Waals surface area contributed by atoms with Crippen molar-refractivity contribution in [1.29, 1.82) is 0 Å². The number of anilines is 1. The Labute approximate surface area is 115 Å². The molecule has 0 atom stereocenters. The summed E-state index contributed by atoms with van der Waals surface area (Å²) in [4.78, 5) is 17.5. The number of carbonyl (C=O) groups excluding carboxylic acids is 1. The lowest BCUT2D eigenvalue weighted by molar-refractivity contribution is 0.0941. The van der Waals surface area contributed by atoms with Gasteiger partial charge in [0, 0.05) is 17.6 Å². The van der Waals surface area contributed by atoms with Crippen LogP contribution in [0.4, 0.5) is 5.69 Å². The van der Waals surface area contributed by atoms with Gasteiger partial charge < -0.3 is 11.1 Å². The van der Waals surface area contributed by atoms with Gasteiger partial charge in [0.25, 0.3) is 5.91 Å². The van der Waals surface area contributed by atoms with Crippen LogP contribution in [0.1, 0.15) is 34.2 Å². The van der Waals surface area contributed by atoms with Crippen LogP contribution in [0.15, 0.2) is 12.4 Å². The predicted molar refractivity (Wildman–Crippen MR) is 75.0 cm³/mol. The van der Waals surface area contributed by atoms with E-state index in [1.807, 2.05) is 13.1 Å².